The van der Waals surface area contributed by atoms with Gasteiger partial charge in [0.15, 0.2) is 0 Å². The van der Waals surface area contributed by atoms with Crippen molar-refractivity contribution in [2.24, 2.45) is 0 Å². The summed E-state index contributed by atoms with van der Waals surface area (Å²) in [7, 11) is 0. The molecular formula is C10H9IN2O4. The van der Waals surface area contributed by atoms with Crippen LogP contribution in [0.15, 0.2) is 18.2 Å². The maximum atomic E-state index is 11.8. The second-order valence-electron chi connectivity index (χ2n) is 3.63. The van der Waals surface area contributed by atoms with Crippen LogP contribution in [0.4, 0.5) is 5.69 Å². The van der Waals surface area contributed by atoms with E-state index >= 15 is 0 Å². The number of carbonyl (C=O) groups is 1. The molecule has 0 aliphatic carbocycles. The topological polar surface area (TPSA) is 81.5 Å². The van der Waals surface area contributed by atoms with Gasteiger partial charge in [0.25, 0.3) is 11.6 Å². The highest BCUT2D eigenvalue weighted by molar-refractivity contribution is 14.1. The van der Waals surface area contributed by atoms with Crippen LogP contribution in [-0.4, -0.2) is 30.1 Å². The Bertz CT molecular complexity index is 473. The first-order valence-electron chi connectivity index (χ1n) is 4.90. The van der Waals surface area contributed by atoms with Crippen molar-refractivity contribution in [1.29, 1.82) is 0 Å². The van der Waals surface area contributed by atoms with Crippen LogP contribution in [0.25, 0.3) is 0 Å². The molecule has 1 amide bonds. The maximum absolute atomic E-state index is 11.8. The summed E-state index contributed by atoms with van der Waals surface area (Å²) in [6.45, 7) is 0.924. The molecule has 90 valence electrons. The third kappa shape index (κ3) is 2.72. The molecule has 1 aliphatic heterocycles. The number of amides is 1. The van der Waals surface area contributed by atoms with E-state index in [1.165, 1.54) is 12.1 Å². The average Bonchev–Trinajstić information content (AvgIpc) is 2.23. The van der Waals surface area contributed by atoms with E-state index in [1.54, 1.807) is 6.07 Å². The molecule has 0 atom stereocenters. The van der Waals surface area contributed by atoms with Gasteiger partial charge in [-0.25, -0.2) is 0 Å². The lowest BCUT2D eigenvalue weighted by Gasteiger charge is -2.26. The molecule has 1 fully saturated rings. The fourth-order valence-corrected chi connectivity index (χ4v) is 1.90. The van der Waals surface area contributed by atoms with E-state index in [-0.39, 0.29) is 17.3 Å². The molecule has 7 heteroatoms. The lowest BCUT2D eigenvalue weighted by molar-refractivity contribution is -0.385. The van der Waals surface area contributed by atoms with Gasteiger partial charge in [-0.2, -0.15) is 0 Å². The van der Waals surface area contributed by atoms with Crippen molar-refractivity contribution < 1.29 is 14.5 Å². The summed E-state index contributed by atoms with van der Waals surface area (Å²) in [4.78, 5) is 22.1. The van der Waals surface area contributed by atoms with E-state index in [0.29, 0.717) is 13.2 Å². The van der Waals surface area contributed by atoms with Crippen molar-refractivity contribution in [2.45, 2.75) is 6.04 Å². The normalized spacial score (nSPS) is 15.1. The van der Waals surface area contributed by atoms with Gasteiger partial charge in [0.1, 0.15) is 5.56 Å². The molecule has 6 nitrogen and oxygen atoms in total. The summed E-state index contributed by atoms with van der Waals surface area (Å²) in [5.74, 6) is -0.429. The Morgan fingerprint density at radius 1 is 1.53 bits per heavy atom. The Hall–Kier alpha value is -1.22. The predicted octanol–water partition coefficient (Wildman–Crippen LogP) is 1.33. The van der Waals surface area contributed by atoms with Gasteiger partial charge in [-0.05, 0) is 34.7 Å². The number of nitro groups is 1. The second-order valence-corrected chi connectivity index (χ2v) is 4.87. The summed E-state index contributed by atoms with van der Waals surface area (Å²) in [6.07, 6.45) is 0. The highest BCUT2D eigenvalue weighted by Crippen LogP contribution is 2.21. The first-order valence-corrected chi connectivity index (χ1v) is 5.98. The molecule has 0 aromatic heterocycles. The molecule has 0 saturated carbocycles. The van der Waals surface area contributed by atoms with E-state index in [1.807, 2.05) is 22.6 Å². The summed E-state index contributed by atoms with van der Waals surface area (Å²) in [5.41, 5.74) is -0.0862. The van der Waals surface area contributed by atoms with Crippen LogP contribution < -0.4 is 5.32 Å². The van der Waals surface area contributed by atoms with Gasteiger partial charge >= 0.3 is 0 Å². The van der Waals surface area contributed by atoms with Crippen molar-refractivity contribution in [2.75, 3.05) is 13.2 Å². The third-order valence-corrected chi connectivity index (χ3v) is 3.05. The molecule has 1 saturated heterocycles. The molecule has 0 radical (unpaired) electrons. The smallest absolute Gasteiger partial charge is 0.283 e. The van der Waals surface area contributed by atoms with E-state index in [2.05, 4.69) is 5.32 Å². The van der Waals surface area contributed by atoms with Gasteiger partial charge in [0.05, 0.1) is 24.2 Å². The van der Waals surface area contributed by atoms with Gasteiger partial charge in [-0.3, -0.25) is 14.9 Å². The lowest BCUT2D eigenvalue weighted by Crippen LogP contribution is -2.48. The van der Waals surface area contributed by atoms with Crippen LogP contribution in [0, 0.1) is 13.7 Å². The molecular weight excluding hydrogens is 339 g/mol. The monoisotopic (exact) mass is 348 g/mol. The van der Waals surface area contributed by atoms with Crippen molar-refractivity contribution in [1.82, 2.24) is 5.32 Å². The number of nitro benzene ring substituents is 1. The SMILES string of the molecule is O=C(NC1COC1)c1ccc(I)cc1[N+](=O)[O-]. The van der Waals surface area contributed by atoms with Gasteiger partial charge in [0, 0.05) is 9.64 Å². The number of benzene rings is 1. The van der Waals surface area contributed by atoms with Crippen molar-refractivity contribution in [3.05, 3.63) is 37.4 Å². The highest BCUT2D eigenvalue weighted by atomic mass is 127. The van der Waals surface area contributed by atoms with Gasteiger partial charge < -0.3 is 10.1 Å². The summed E-state index contributed by atoms with van der Waals surface area (Å²) >= 11 is 1.97. The molecule has 0 unspecified atom stereocenters. The number of hydrogen-bond acceptors (Lipinski definition) is 4. The molecule has 0 spiro atoms. The quantitative estimate of drug-likeness (QED) is 0.508. The number of halogens is 1. The zero-order chi connectivity index (χ0) is 12.4. The van der Waals surface area contributed by atoms with E-state index in [4.69, 9.17) is 4.74 Å². The summed E-state index contributed by atoms with van der Waals surface area (Å²) < 4.78 is 5.64. The third-order valence-electron chi connectivity index (χ3n) is 2.37. The zero-order valence-corrected chi connectivity index (χ0v) is 10.8. The fraction of sp³-hybridized carbons (Fsp3) is 0.300. The predicted molar refractivity (Wildman–Crippen MR) is 67.9 cm³/mol. The Kier molecular flexibility index (Phi) is 3.57. The van der Waals surface area contributed by atoms with Crippen LogP contribution in [0.1, 0.15) is 10.4 Å². The van der Waals surface area contributed by atoms with Crippen LogP contribution in [0.5, 0.6) is 0 Å². The molecule has 1 heterocycles. The van der Waals surface area contributed by atoms with E-state index < -0.39 is 10.8 Å². The van der Waals surface area contributed by atoms with Crippen LogP contribution in [0.3, 0.4) is 0 Å². The number of carbonyl (C=O) groups excluding carboxylic acids is 1. The van der Waals surface area contributed by atoms with Crippen LogP contribution in [0.2, 0.25) is 0 Å². The van der Waals surface area contributed by atoms with Crippen LogP contribution >= 0.6 is 22.6 Å². The molecule has 1 aromatic rings. The molecule has 2 rings (SSSR count). The minimum Gasteiger partial charge on any atom is -0.377 e. The highest BCUT2D eigenvalue weighted by Gasteiger charge is 2.25. The fourth-order valence-electron chi connectivity index (χ4n) is 1.43. The first-order chi connectivity index (χ1) is 8.08. The Labute approximate surface area is 111 Å². The summed E-state index contributed by atoms with van der Waals surface area (Å²) in [5, 5.41) is 13.5. The zero-order valence-electron chi connectivity index (χ0n) is 8.68. The minimum absolute atomic E-state index is 0.0404. The number of nitrogens with one attached hydrogen (secondary N) is 1. The van der Waals surface area contributed by atoms with Gasteiger partial charge in [-0.15, -0.1) is 0 Å². The molecule has 17 heavy (non-hydrogen) atoms. The maximum Gasteiger partial charge on any atom is 0.283 e. The number of rotatable bonds is 3. The minimum atomic E-state index is -0.547. The number of hydrogen-bond donors (Lipinski definition) is 1. The number of ether oxygens (including phenoxy) is 1. The first kappa shape index (κ1) is 12.2. The lowest BCUT2D eigenvalue weighted by atomic mass is 10.1. The molecule has 0 bridgehead atoms. The average molecular weight is 348 g/mol. The van der Waals surface area contributed by atoms with Crippen molar-refractivity contribution in [3.63, 3.8) is 0 Å². The van der Waals surface area contributed by atoms with Gasteiger partial charge in [-0.1, -0.05) is 0 Å². The largest absolute Gasteiger partial charge is 0.377 e. The van der Waals surface area contributed by atoms with Crippen LogP contribution in [-0.2, 0) is 4.74 Å². The Morgan fingerprint density at radius 2 is 2.24 bits per heavy atom. The van der Waals surface area contributed by atoms with Crippen molar-refractivity contribution in [3.8, 4) is 0 Å². The Morgan fingerprint density at radius 3 is 2.76 bits per heavy atom. The van der Waals surface area contributed by atoms with E-state index in [0.717, 1.165) is 3.57 Å². The molecule has 1 N–H and O–H groups in total. The van der Waals surface area contributed by atoms with E-state index in [9.17, 15) is 14.9 Å². The molecule has 1 aliphatic rings. The van der Waals surface area contributed by atoms with Crippen molar-refractivity contribution >= 4 is 34.2 Å². The number of nitrogens with zero attached hydrogens (tertiary/aromatic N) is 1. The Balaban J connectivity index is 2.23. The second kappa shape index (κ2) is 4.96. The molecule has 1 aromatic carbocycles. The standard InChI is InChI=1S/C10H9IN2O4/c11-6-1-2-8(9(3-6)13(15)16)10(14)12-7-4-17-5-7/h1-3,7H,4-5H2,(H,12,14). The van der Waals surface area contributed by atoms with Gasteiger partial charge in [0.2, 0.25) is 0 Å². The summed E-state index contributed by atoms with van der Waals surface area (Å²) in [6, 6.07) is 4.47.